The van der Waals surface area contributed by atoms with Gasteiger partial charge < -0.3 is 14.6 Å². The number of carbonyl (C=O) groups excluding carboxylic acids is 1. The van der Waals surface area contributed by atoms with Crippen LogP contribution in [0.5, 0.6) is 11.5 Å². The number of rotatable bonds is 8. The van der Waals surface area contributed by atoms with Gasteiger partial charge in [-0.3, -0.25) is 9.69 Å². The highest BCUT2D eigenvalue weighted by molar-refractivity contribution is 9.10. The number of nitrogens with zero attached hydrogens (tertiary/aromatic N) is 2. The third-order valence-electron chi connectivity index (χ3n) is 4.24. The van der Waals surface area contributed by atoms with Crippen molar-refractivity contribution in [3.8, 4) is 11.5 Å². The van der Waals surface area contributed by atoms with Gasteiger partial charge in [0.15, 0.2) is 11.8 Å². The zero-order chi connectivity index (χ0) is 22.4. The van der Waals surface area contributed by atoms with Crippen molar-refractivity contribution >= 4 is 56.5 Å². The lowest BCUT2D eigenvalue weighted by atomic mass is 10.2. The highest BCUT2D eigenvalue weighted by atomic mass is 79.9. The van der Waals surface area contributed by atoms with Gasteiger partial charge in [0.05, 0.1) is 17.7 Å². The Kier molecular flexibility index (Phi) is 7.75. The van der Waals surface area contributed by atoms with Gasteiger partial charge in [-0.15, -0.1) is 0 Å². The van der Waals surface area contributed by atoms with Crippen molar-refractivity contribution in [2.75, 3.05) is 20.3 Å². The molecule has 1 fully saturated rings. The number of methoxy groups -OCH3 is 1. The third kappa shape index (κ3) is 5.89. The number of aliphatic imine (C=N–C) groups is 1. The molecule has 0 spiro atoms. The molecule has 0 saturated carbocycles. The van der Waals surface area contributed by atoms with E-state index in [1.807, 2.05) is 31.2 Å². The van der Waals surface area contributed by atoms with Crippen molar-refractivity contribution in [1.82, 2.24) is 4.90 Å². The molecule has 2 aromatic carbocycles. The summed E-state index contributed by atoms with van der Waals surface area (Å²) in [5.41, 5.74) is 1.32. The second kappa shape index (κ2) is 10.5. The minimum Gasteiger partial charge on any atom is -0.497 e. The zero-order valence-corrected chi connectivity index (χ0v) is 19.4. The van der Waals surface area contributed by atoms with E-state index < -0.39 is 12.6 Å². The van der Waals surface area contributed by atoms with Gasteiger partial charge in [0.1, 0.15) is 11.5 Å². The van der Waals surface area contributed by atoms with Crippen LogP contribution in [0, 0.1) is 0 Å². The first-order valence-corrected chi connectivity index (χ1v) is 11.1. The largest absolute Gasteiger partial charge is 0.497 e. The number of aliphatic carboxylic acids is 1. The maximum atomic E-state index is 13.1. The Balaban J connectivity index is 1.94. The van der Waals surface area contributed by atoms with E-state index in [1.165, 1.54) is 11.8 Å². The first-order chi connectivity index (χ1) is 14.9. The highest BCUT2D eigenvalue weighted by Gasteiger charge is 2.33. The molecule has 0 radical (unpaired) electrons. The number of carboxylic acid groups (broad SMARTS) is 1. The van der Waals surface area contributed by atoms with Crippen LogP contribution in [0.25, 0.3) is 6.08 Å². The minimum atomic E-state index is -1.07. The predicted molar refractivity (Wildman–Crippen MR) is 125 cm³/mol. The zero-order valence-electron chi connectivity index (χ0n) is 17.0. The lowest BCUT2D eigenvalue weighted by molar-refractivity contribution is -0.139. The van der Waals surface area contributed by atoms with Gasteiger partial charge in [-0.1, -0.05) is 22.9 Å². The van der Waals surface area contributed by atoms with Crippen LogP contribution in [-0.2, 0) is 9.59 Å². The molecular formula is C22H21BrN2O5S. The maximum absolute atomic E-state index is 13.1. The topological polar surface area (TPSA) is 88.4 Å². The van der Waals surface area contributed by atoms with Gasteiger partial charge in [0.2, 0.25) is 0 Å². The van der Waals surface area contributed by atoms with E-state index in [0.29, 0.717) is 33.6 Å². The van der Waals surface area contributed by atoms with Gasteiger partial charge in [-0.2, -0.15) is 0 Å². The summed E-state index contributed by atoms with van der Waals surface area (Å²) < 4.78 is 11.3. The molecule has 0 aliphatic carbocycles. The number of hydrogen-bond acceptors (Lipinski definition) is 6. The highest BCUT2D eigenvalue weighted by Crippen LogP contribution is 2.36. The molecule has 9 heteroatoms. The molecule has 0 atom stereocenters. The van der Waals surface area contributed by atoms with Crippen LogP contribution < -0.4 is 9.47 Å². The number of thioether (sulfide) groups is 1. The van der Waals surface area contributed by atoms with Crippen molar-refractivity contribution in [2.45, 2.75) is 13.3 Å². The van der Waals surface area contributed by atoms with Crippen LogP contribution in [0.1, 0.15) is 18.9 Å². The molecule has 0 aromatic heterocycles. The van der Waals surface area contributed by atoms with Gasteiger partial charge in [-0.05, 0) is 66.7 Å². The number of amidine groups is 1. The van der Waals surface area contributed by atoms with E-state index in [0.717, 1.165) is 16.6 Å². The van der Waals surface area contributed by atoms with E-state index in [-0.39, 0.29) is 5.91 Å². The fourth-order valence-electron chi connectivity index (χ4n) is 2.82. The monoisotopic (exact) mass is 504 g/mol. The Morgan fingerprint density at radius 2 is 2.00 bits per heavy atom. The van der Waals surface area contributed by atoms with Gasteiger partial charge >= 0.3 is 5.97 Å². The van der Waals surface area contributed by atoms with Crippen molar-refractivity contribution in [1.29, 1.82) is 0 Å². The Bertz CT molecular complexity index is 1040. The Labute approximate surface area is 192 Å². The van der Waals surface area contributed by atoms with E-state index in [2.05, 4.69) is 20.9 Å². The number of carbonyl (C=O) groups is 2. The number of amides is 1. The molecular weight excluding hydrogens is 484 g/mol. The summed E-state index contributed by atoms with van der Waals surface area (Å²) in [4.78, 5) is 30.7. The van der Waals surface area contributed by atoms with Crippen LogP contribution in [0.3, 0.4) is 0 Å². The first-order valence-electron chi connectivity index (χ1n) is 9.49. The van der Waals surface area contributed by atoms with Crippen LogP contribution in [0.2, 0.25) is 0 Å². The Morgan fingerprint density at radius 1 is 1.26 bits per heavy atom. The molecule has 0 bridgehead atoms. The Hall–Kier alpha value is -2.78. The van der Waals surface area contributed by atoms with Crippen LogP contribution >= 0.6 is 27.7 Å². The summed E-state index contributed by atoms with van der Waals surface area (Å²) >= 11 is 4.68. The fraction of sp³-hybridized carbons (Fsp3) is 0.227. The number of benzene rings is 2. The minimum absolute atomic E-state index is 0.150. The van der Waals surface area contributed by atoms with Crippen molar-refractivity contribution in [3.05, 3.63) is 57.4 Å². The summed E-state index contributed by atoms with van der Waals surface area (Å²) in [7, 11) is 1.60. The quantitative estimate of drug-likeness (QED) is 0.512. The predicted octanol–water partition coefficient (Wildman–Crippen LogP) is 4.94. The van der Waals surface area contributed by atoms with Crippen molar-refractivity contribution in [3.63, 3.8) is 0 Å². The maximum Gasteiger partial charge on any atom is 0.341 e. The second-order valence-corrected chi connectivity index (χ2v) is 8.45. The van der Waals surface area contributed by atoms with E-state index >= 15 is 0 Å². The summed E-state index contributed by atoms with van der Waals surface area (Å²) in [6.07, 6.45) is 2.49. The van der Waals surface area contributed by atoms with E-state index in [4.69, 9.17) is 14.6 Å². The number of carboxylic acids is 1. The third-order valence-corrected chi connectivity index (χ3v) is 5.74. The number of ether oxygens (including phenoxy) is 2. The average Bonchev–Trinajstić information content (AvgIpc) is 3.03. The number of hydrogen-bond donors (Lipinski definition) is 1. The summed E-state index contributed by atoms with van der Waals surface area (Å²) in [6, 6.07) is 12.5. The molecule has 1 heterocycles. The lowest BCUT2D eigenvalue weighted by Crippen LogP contribution is -2.29. The fourth-order valence-corrected chi connectivity index (χ4v) is 4.22. The lowest BCUT2D eigenvalue weighted by Gasteiger charge is -2.14. The van der Waals surface area contributed by atoms with Gasteiger partial charge in [0, 0.05) is 16.6 Å². The van der Waals surface area contributed by atoms with E-state index in [9.17, 15) is 9.59 Å². The first kappa shape index (κ1) is 22.9. The molecule has 0 unspecified atom stereocenters. The smallest absolute Gasteiger partial charge is 0.341 e. The molecule has 1 aliphatic rings. The SMILES string of the molecule is CCCN1C(=O)/C(=C\c2cc(Br)ccc2OCC(=O)O)SC1=Nc1ccc(OC)cc1. The average molecular weight is 505 g/mol. The molecule has 1 aliphatic heterocycles. The summed E-state index contributed by atoms with van der Waals surface area (Å²) in [5, 5.41) is 9.50. The van der Waals surface area contributed by atoms with Crippen LogP contribution in [0.4, 0.5) is 5.69 Å². The van der Waals surface area contributed by atoms with Crippen LogP contribution in [-0.4, -0.2) is 47.3 Å². The van der Waals surface area contributed by atoms with Gasteiger partial charge in [-0.25, -0.2) is 9.79 Å². The van der Waals surface area contributed by atoms with E-state index in [1.54, 1.807) is 36.3 Å². The Morgan fingerprint density at radius 3 is 2.65 bits per heavy atom. The standard InChI is InChI=1S/C22H21BrN2O5S/c1-3-10-25-21(28)19(31-22(25)24-16-5-7-17(29-2)8-6-16)12-14-11-15(23)4-9-18(14)30-13-20(26)27/h4-9,11-12H,3,10,13H2,1-2H3,(H,26,27)/b19-12+,24-22?. The molecule has 7 nitrogen and oxygen atoms in total. The van der Waals surface area contributed by atoms with Crippen LogP contribution in [0.15, 0.2) is 56.8 Å². The molecule has 3 rings (SSSR count). The summed E-state index contributed by atoms with van der Waals surface area (Å²) in [6.45, 7) is 2.07. The molecule has 162 valence electrons. The molecule has 1 N–H and O–H groups in total. The molecule has 1 saturated heterocycles. The van der Waals surface area contributed by atoms with Gasteiger partial charge in [0.25, 0.3) is 5.91 Å². The normalized spacial score (nSPS) is 16.2. The second-order valence-electron chi connectivity index (χ2n) is 6.52. The molecule has 2 aromatic rings. The molecule has 31 heavy (non-hydrogen) atoms. The van der Waals surface area contributed by atoms with Crippen molar-refractivity contribution < 1.29 is 24.2 Å². The molecule has 1 amide bonds. The summed E-state index contributed by atoms with van der Waals surface area (Å²) in [5.74, 6) is -0.109. The number of halogens is 1. The van der Waals surface area contributed by atoms with Crippen molar-refractivity contribution in [2.24, 2.45) is 4.99 Å².